The zero-order valence-corrected chi connectivity index (χ0v) is 10.9. The summed E-state index contributed by atoms with van der Waals surface area (Å²) >= 11 is 1.72. The topological polar surface area (TPSA) is 41.0 Å². The SMILES string of the molecule is c1cc(NC2CCN(c3nccs3)CC2)ccn1. The number of nitrogens with one attached hydrogen (secondary N) is 1. The number of thiazole rings is 1. The molecule has 4 nitrogen and oxygen atoms in total. The largest absolute Gasteiger partial charge is 0.382 e. The van der Waals surface area contributed by atoms with E-state index in [-0.39, 0.29) is 0 Å². The van der Waals surface area contributed by atoms with Crippen LogP contribution in [0.3, 0.4) is 0 Å². The van der Waals surface area contributed by atoms with Crippen molar-refractivity contribution in [2.45, 2.75) is 18.9 Å². The lowest BCUT2D eigenvalue weighted by Gasteiger charge is -2.32. The van der Waals surface area contributed by atoms with Crippen molar-refractivity contribution in [3.63, 3.8) is 0 Å². The van der Waals surface area contributed by atoms with Gasteiger partial charge in [0, 0.05) is 48.8 Å². The lowest BCUT2D eigenvalue weighted by Crippen LogP contribution is -2.39. The third kappa shape index (κ3) is 2.61. The highest BCUT2D eigenvalue weighted by Crippen LogP contribution is 2.23. The predicted molar refractivity (Wildman–Crippen MR) is 75.2 cm³/mol. The molecule has 0 atom stereocenters. The maximum atomic E-state index is 4.36. The Morgan fingerprint density at radius 3 is 2.61 bits per heavy atom. The summed E-state index contributed by atoms with van der Waals surface area (Å²) in [4.78, 5) is 10.8. The zero-order chi connectivity index (χ0) is 12.2. The minimum absolute atomic E-state index is 0.559. The Hall–Kier alpha value is -1.62. The van der Waals surface area contributed by atoms with Crippen LogP contribution in [-0.4, -0.2) is 29.1 Å². The molecule has 2 aromatic heterocycles. The third-order valence-corrected chi connectivity index (χ3v) is 4.07. The van der Waals surface area contributed by atoms with Gasteiger partial charge in [0.2, 0.25) is 0 Å². The lowest BCUT2D eigenvalue weighted by molar-refractivity contribution is 0.526. The van der Waals surface area contributed by atoms with Crippen LogP contribution in [0.4, 0.5) is 10.8 Å². The van der Waals surface area contributed by atoms with E-state index >= 15 is 0 Å². The second-order valence-corrected chi connectivity index (χ2v) is 5.33. The first-order chi connectivity index (χ1) is 8.92. The van der Waals surface area contributed by atoms with Crippen LogP contribution in [0, 0.1) is 0 Å². The van der Waals surface area contributed by atoms with Gasteiger partial charge in [-0.3, -0.25) is 4.98 Å². The number of rotatable bonds is 3. The molecule has 1 aliphatic rings. The lowest BCUT2D eigenvalue weighted by atomic mass is 10.1. The molecule has 3 rings (SSSR count). The highest BCUT2D eigenvalue weighted by Gasteiger charge is 2.20. The van der Waals surface area contributed by atoms with Crippen molar-refractivity contribution < 1.29 is 0 Å². The molecule has 94 valence electrons. The summed E-state index contributed by atoms with van der Waals surface area (Å²) in [6.07, 6.45) is 7.84. The maximum Gasteiger partial charge on any atom is 0.185 e. The summed E-state index contributed by atoms with van der Waals surface area (Å²) in [7, 11) is 0. The van der Waals surface area contributed by atoms with Crippen molar-refractivity contribution in [1.29, 1.82) is 0 Å². The van der Waals surface area contributed by atoms with E-state index in [0.29, 0.717) is 6.04 Å². The quantitative estimate of drug-likeness (QED) is 0.921. The molecule has 0 unspecified atom stereocenters. The van der Waals surface area contributed by atoms with Crippen molar-refractivity contribution in [1.82, 2.24) is 9.97 Å². The molecule has 18 heavy (non-hydrogen) atoms. The monoisotopic (exact) mass is 260 g/mol. The summed E-state index contributed by atoms with van der Waals surface area (Å²) in [5.74, 6) is 0. The van der Waals surface area contributed by atoms with Gasteiger partial charge in [0.05, 0.1) is 0 Å². The number of nitrogens with zero attached hydrogens (tertiary/aromatic N) is 3. The fourth-order valence-corrected chi connectivity index (χ4v) is 2.97. The Kier molecular flexibility index (Phi) is 3.41. The van der Waals surface area contributed by atoms with Crippen molar-refractivity contribution >= 4 is 22.2 Å². The molecule has 1 N–H and O–H groups in total. The standard InChI is InChI=1S/C13H16N4S/c1-5-14-6-2-11(1)16-12-3-8-17(9-4-12)13-15-7-10-18-13/h1-2,5-7,10,12H,3-4,8-9H2,(H,14,16). The highest BCUT2D eigenvalue weighted by molar-refractivity contribution is 7.13. The van der Waals surface area contributed by atoms with E-state index in [1.54, 1.807) is 11.3 Å². The number of aromatic nitrogens is 2. The second-order valence-electron chi connectivity index (χ2n) is 4.46. The van der Waals surface area contributed by atoms with Gasteiger partial charge >= 0.3 is 0 Å². The van der Waals surface area contributed by atoms with E-state index < -0.39 is 0 Å². The summed E-state index contributed by atoms with van der Waals surface area (Å²) in [5, 5.41) is 6.75. The van der Waals surface area contributed by atoms with Gasteiger partial charge in [0.15, 0.2) is 5.13 Å². The van der Waals surface area contributed by atoms with Gasteiger partial charge in [0.25, 0.3) is 0 Å². The number of hydrogen-bond acceptors (Lipinski definition) is 5. The Morgan fingerprint density at radius 1 is 1.17 bits per heavy atom. The molecule has 5 heteroatoms. The van der Waals surface area contributed by atoms with Crippen molar-refractivity contribution in [2.24, 2.45) is 0 Å². The van der Waals surface area contributed by atoms with Crippen molar-refractivity contribution in [3.05, 3.63) is 36.1 Å². The molecule has 1 aliphatic heterocycles. The van der Waals surface area contributed by atoms with Crippen molar-refractivity contribution in [3.8, 4) is 0 Å². The van der Waals surface area contributed by atoms with E-state index in [0.717, 1.165) is 36.8 Å². The molecule has 0 bridgehead atoms. The van der Waals surface area contributed by atoms with Crippen LogP contribution in [0.1, 0.15) is 12.8 Å². The highest BCUT2D eigenvalue weighted by atomic mass is 32.1. The van der Waals surface area contributed by atoms with Crippen LogP contribution in [0.15, 0.2) is 36.1 Å². The predicted octanol–water partition coefficient (Wildman–Crippen LogP) is 2.62. The fourth-order valence-electron chi connectivity index (χ4n) is 2.27. The van der Waals surface area contributed by atoms with Gasteiger partial charge in [0.1, 0.15) is 0 Å². The smallest absolute Gasteiger partial charge is 0.185 e. The fraction of sp³-hybridized carbons (Fsp3) is 0.385. The average Bonchev–Trinajstić information content (AvgIpc) is 2.95. The Bertz CT molecular complexity index is 463. The number of anilines is 2. The van der Waals surface area contributed by atoms with E-state index in [4.69, 9.17) is 0 Å². The molecule has 0 spiro atoms. The summed E-state index contributed by atoms with van der Waals surface area (Å²) < 4.78 is 0. The van der Waals surface area contributed by atoms with E-state index in [1.165, 1.54) is 0 Å². The Balaban J connectivity index is 1.54. The van der Waals surface area contributed by atoms with Gasteiger partial charge in [-0.15, -0.1) is 11.3 Å². The van der Waals surface area contributed by atoms with Gasteiger partial charge in [-0.25, -0.2) is 4.98 Å². The van der Waals surface area contributed by atoms with Crippen LogP contribution in [-0.2, 0) is 0 Å². The Labute approximate surface area is 111 Å². The van der Waals surface area contributed by atoms with Crippen molar-refractivity contribution in [2.75, 3.05) is 23.3 Å². The number of piperidine rings is 1. The van der Waals surface area contributed by atoms with E-state index in [9.17, 15) is 0 Å². The van der Waals surface area contributed by atoms with E-state index in [1.807, 2.05) is 36.1 Å². The number of hydrogen-bond donors (Lipinski definition) is 1. The molecular formula is C13H16N4S. The normalized spacial score (nSPS) is 16.8. The maximum absolute atomic E-state index is 4.36. The molecule has 0 amide bonds. The number of pyridine rings is 1. The molecule has 1 fully saturated rings. The summed E-state index contributed by atoms with van der Waals surface area (Å²) in [6.45, 7) is 2.16. The minimum atomic E-state index is 0.559. The zero-order valence-electron chi connectivity index (χ0n) is 10.1. The third-order valence-electron chi connectivity index (χ3n) is 3.24. The minimum Gasteiger partial charge on any atom is -0.382 e. The molecular weight excluding hydrogens is 244 g/mol. The van der Waals surface area contributed by atoms with Crippen LogP contribution in [0.25, 0.3) is 0 Å². The van der Waals surface area contributed by atoms with Crippen LogP contribution < -0.4 is 10.2 Å². The molecule has 2 aromatic rings. The van der Waals surface area contributed by atoms with Crippen LogP contribution in [0.5, 0.6) is 0 Å². The molecule has 0 saturated carbocycles. The second kappa shape index (κ2) is 5.35. The summed E-state index contributed by atoms with van der Waals surface area (Å²) in [6, 6.07) is 4.60. The molecule has 3 heterocycles. The average molecular weight is 260 g/mol. The van der Waals surface area contributed by atoms with Gasteiger partial charge in [-0.05, 0) is 25.0 Å². The first-order valence-corrected chi connectivity index (χ1v) is 7.11. The first kappa shape index (κ1) is 11.5. The molecule has 1 saturated heterocycles. The summed E-state index contributed by atoms with van der Waals surface area (Å²) in [5.41, 5.74) is 1.16. The van der Waals surface area contributed by atoms with Gasteiger partial charge in [-0.2, -0.15) is 0 Å². The molecule has 0 aliphatic carbocycles. The molecule has 0 aromatic carbocycles. The van der Waals surface area contributed by atoms with Crippen LogP contribution in [0.2, 0.25) is 0 Å². The first-order valence-electron chi connectivity index (χ1n) is 6.23. The van der Waals surface area contributed by atoms with Gasteiger partial charge in [-0.1, -0.05) is 0 Å². The Morgan fingerprint density at radius 2 is 1.94 bits per heavy atom. The van der Waals surface area contributed by atoms with Gasteiger partial charge < -0.3 is 10.2 Å². The molecule has 0 radical (unpaired) electrons. The van der Waals surface area contributed by atoms with Crippen LogP contribution >= 0.6 is 11.3 Å². The van der Waals surface area contributed by atoms with E-state index in [2.05, 4.69) is 20.2 Å².